The van der Waals surface area contributed by atoms with Gasteiger partial charge in [-0.2, -0.15) is 0 Å². The molecule has 1 aromatic heterocycles. The minimum Gasteiger partial charge on any atom is -0.386 e. The summed E-state index contributed by atoms with van der Waals surface area (Å²) in [6.45, 7) is 10.4. The fraction of sp³-hybridized carbons (Fsp3) is 0.450. The molecule has 0 saturated heterocycles. The van der Waals surface area contributed by atoms with Gasteiger partial charge in [0.25, 0.3) is 10.0 Å². The zero-order valence-corrected chi connectivity index (χ0v) is 20.0. The smallest absolute Gasteiger partial charge is 0.333 e. The third-order valence-electron chi connectivity index (χ3n) is 4.46. The quantitative estimate of drug-likeness (QED) is 0.511. The predicted octanol–water partition coefficient (Wildman–Crippen LogP) is 5.53. The SMILES string of the molecule is CC(C)c1cc(F)cc(C(C)C)c1NC(=O)NS(=O)(=O)c1cc(C(C)(C)O)c(Cl)s1. The number of aliphatic hydroxyl groups is 1. The molecule has 30 heavy (non-hydrogen) atoms. The molecule has 2 rings (SSSR count). The molecule has 0 fully saturated rings. The summed E-state index contributed by atoms with van der Waals surface area (Å²) in [4.78, 5) is 12.6. The number of nitrogens with one attached hydrogen (secondary N) is 2. The maximum absolute atomic E-state index is 14.0. The number of thiophene rings is 1. The second kappa shape index (κ2) is 8.82. The van der Waals surface area contributed by atoms with Crippen LogP contribution in [0.25, 0.3) is 0 Å². The van der Waals surface area contributed by atoms with Gasteiger partial charge in [-0.15, -0.1) is 11.3 Å². The molecule has 0 aliphatic rings. The first-order valence-corrected chi connectivity index (χ1v) is 12.0. The Morgan fingerprint density at radius 2 is 1.63 bits per heavy atom. The molecular weight excluding hydrogens is 451 g/mol. The molecule has 6 nitrogen and oxygen atoms in total. The maximum Gasteiger partial charge on any atom is 0.333 e. The fourth-order valence-electron chi connectivity index (χ4n) is 2.91. The number of amides is 2. The van der Waals surface area contributed by atoms with Gasteiger partial charge >= 0.3 is 6.03 Å². The number of halogens is 2. The molecule has 3 N–H and O–H groups in total. The van der Waals surface area contributed by atoms with Gasteiger partial charge in [0.05, 0.1) is 5.60 Å². The third kappa shape index (κ3) is 5.51. The lowest BCUT2D eigenvalue weighted by Gasteiger charge is -2.20. The van der Waals surface area contributed by atoms with Gasteiger partial charge in [-0.3, -0.25) is 0 Å². The molecule has 10 heteroatoms. The van der Waals surface area contributed by atoms with E-state index in [9.17, 15) is 22.7 Å². The van der Waals surface area contributed by atoms with Gasteiger partial charge in [-0.25, -0.2) is 22.3 Å². The van der Waals surface area contributed by atoms with Crippen LogP contribution < -0.4 is 10.0 Å². The zero-order chi connectivity index (χ0) is 23.0. The van der Waals surface area contributed by atoms with E-state index in [1.54, 1.807) is 0 Å². The summed E-state index contributed by atoms with van der Waals surface area (Å²) in [7, 11) is -4.23. The van der Waals surface area contributed by atoms with Crippen LogP contribution in [-0.4, -0.2) is 19.6 Å². The highest BCUT2D eigenvalue weighted by Crippen LogP contribution is 2.37. The third-order valence-corrected chi connectivity index (χ3v) is 7.63. The Balaban J connectivity index is 2.36. The highest BCUT2D eigenvalue weighted by Gasteiger charge is 2.28. The Morgan fingerprint density at radius 3 is 2.03 bits per heavy atom. The summed E-state index contributed by atoms with van der Waals surface area (Å²) < 4.78 is 41.2. The summed E-state index contributed by atoms with van der Waals surface area (Å²) in [5.41, 5.74) is 0.424. The van der Waals surface area contributed by atoms with Crippen molar-refractivity contribution in [1.29, 1.82) is 0 Å². The number of benzene rings is 1. The largest absolute Gasteiger partial charge is 0.386 e. The second-order valence-corrected chi connectivity index (χ2v) is 11.7. The number of anilines is 1. The summed E-state index contributed by atoms with van der Waals surface area (Å²) >= 11 is 6.80. The topological polar surface area (TPSA) is 95.5 Å². The van der Waals surface area contributed by atoms with Crippen molar-refractivity contribution in [3.8, 4) is 0 Å². The Hall–Kier alpha value is -1.68. The standard InChI is InChI=1S/C20H26ClFN2O4S2/c1-10(2)13-7-12(22)8-14(11(3)4)17(13)23-19(25)24-30(27,28)16-9-15(18(21)29-16)20(5,6)26/h7-11,26H,1-6H3,(H2,23,24,25). The predicted molar refractivity (Wildman–Crippen MR) is 118 cm³/mol. The summed E-state index contributed by atoms with van der Waals surface area (Å²) in [6.07, 6.45) is 0. The van der Waals surface area contributed by atoms with Crippen LogP contribution in [0.2, 0.25) is 4.34 Å². The van der Waals surface area contributed by atoms with Crippen LogP contribution in [0.5, 0.6) is 0 Å². The van der Waals surface area contributed by atoms with Crippen molar-refractivity contribution in [1.82, 2.24) is 4.72 Å². The summed E-state index contributed by atoms with van der Waals surface area (Å²) in [5.74, 6) is -0.625. The van der Waals surface area contributed by atoms with E-state index in [-0.39, 0.29) is 25.9 Å². The molecule has 0 aliphatic heterocycles. The Morgan fingerprint density at radius 1 is 1.13 bits per heavy atom. The van der Waals surface area contributed by atoms with Crippen LogP contribution >= 0.6 is 22.9 Å². The van der Waals surface area contributed by atoms with E-state index in [4.69, 9.17) is 11.6 Å². The first-order chi connectivity index (χ1) is 13.6. The van der Waals surface area contributed by atoms with Gasteiger partial charge in [0, 0.05) is 11.3 Å². The molecule has 0 saturated carbocycles. The van der Waals surface area contributed by atoms with Crippen LogP contribution in [0.15, 0.2) is 22.4 Å². The molecule has 0 unspecified atom stereocenters. The average Bonchev–Trinajstić information content (AvgIpc) is 2.98. The Kier molecular flexibility index (Phi) is 7.23. The summed E-state index contributed by atoms with van der Waals surface area (Å²) in [6, 6.07) is 2.92. The number of rotatable bonds is 6. The van der Waals surface area contributed by atoms with Gasteiger partial charge in [0.15, 0.2) is 0 Å². The van der Waals surface area contributed by atoms with E-state index in [0.29, 0.717) is 16.8 Å². The molecule has 0 atom stereocenters. The van der Waals surface area contributed by atoms with Crippen molar-refractivity contribution in [2.75, 3.05) is 5.32 Å². The highest BCUT2D eigenvalue weighted by molar-refractivity contribution is 7.92. The molecule has 166 valence electrons. The lowest BCUT2D eigenvalue weighted by atomic mass is 9.92. The molecular formula is C20H26ClFN2O4S2. The average molecular weight is 477 g/mol. The minimum absolute atomic E-state index is 0.101. The van der Waals surface area contributed by atoms with E-state index in [0.717, 1.165) is 11.3 Å². The monoisotopic (exact) mass is 476 g/mol. The normalized spacial score (nSPS) is 12.5. The van der Waals surface area contributed by atoms with Gasteiger partial charge in [-0.1, -0.05) is 39.3 Å². The lowest BCUT2D eigenvalue weighted by molar-refractivity contribution is 0.0790. The van der Waals surface area contributed by atoms with Gasteiger partial charge in [0.1, 0.15) is 14.4 Å². The fourth-order valence-corrected chi connectivity index (χ4v) is 5.84. The molecule has 1 heterocycles. The van der Waals surface area contributed by atoms with Crippen molar-refractivity contribution in [2.24, 2.45) is 0 Å². The molecule has 1 aromatic carbocycles. The first-order valence-electron chi connectivity index (χ1n) is 9.32. The van der Waals surface area contributed by atoms with Crippen molar-refractivity contribution in [3.63, 3.8) is 0 Å². The van der Waals surface area contributed by atoms with E-state index in [2.05, 4.69) is 5.32 Å². The maximum atomic E-state index is 14.0. The molecule has 0 radical (unpaired) electrons. The van der Waals surface area contributed by atoms with Gasteiger partial charge < -0.3 is 10.4 Å². The van der Waals surface area contributed by atoms with Crippen LogP contribution in [-0.2, 0) is 15.6 Å². The lowest BCUT2D eigenvalue weighted by Crippen LogP contribution is -2.34. The number of hydrogen-bond donors (Lipinski definition) is 3. The minimum atomic E-state index is -4.23. The molecule has 2 aromatic rings. The molecule has 0 bridgehead atoms. The van der Waals surface area contributed by atoms with Crippen molar-refractivity contribution >= 4 is 44.7 Å². The first kappa shape index (κ1) is 24.6. The number of sulfonamides is 1. The van der Waals surface area contributed by atoms with E-state index >= 15 is 0 Å². The van der Waals surface area contributed by atoms with Crippen LogP contribution in [0.3, 0.4) is 0 Å². The van der Waals surface area contributed by atoms with Gasteiger partial charge in [0.2, 0.25) is 0 Å². The van der Waals surface area contributed by atoms with Gasteiger partial charge in [-0.05, 0) is 55.0 Å². The number of urea groups is 1. The number of carbonyl (C=O) groups excluding carboxylic acids is 1. The highest BCUT2D eigenvalue weighted by atomic mass is 35.5. The Labute approximate surface area is 185 Å². The number of hydrogen-bond acceptors (Lipinski definition) is 5. The van der Waals surface area contributed by atoms with Crippen molar-refractivity contribution in [3.05, 3.63) is 45.0 Å². The molecule has 0 spiro atoms. The van der Waals surface area contributed by atoms with Crippen molar-refractivity contribution in [2.45, 2.75) is 63.2 Å². The van der Waals surface area contributed by atoms with Crippen molar-refractivity contribution < 1.29 is 22.7 Å². The second-order valence-electron chi connectivity index (χ2n) is 8.14. The van der Waals surface area contributed by atoms with E-state index < -0.39 is 27.5 Å². The van der Waals surface area contributed by atoms with Crippen LogP contribution in [0.4, 0.5) is 14.9 Å². The zero-order valence-electron chi connectivity index (χ0n) is 17.6. The molecule has 2 amide bonds. The van der Waals surface area contributed by atoms with E-state index in [1.807, 2.05) is 32.4 Å². The number of carbonyl (C=O) groups is 1. The van der Waals surface area contributed by atoms with Crippen LogP contribution in [0.1, 0.15) is 70.1 Å². The van der Waals surface area contributed by atoms with E-state index in [1.165, 1.54) is 32.0 Å². The molecule has 0 aliphatic carbocycles. The van der Waals surface area contributed by atoms with Crippen LogP contribution in [0, 0.1) is 5.82 Å². The Bertz CT molecular complexity index is 1030. The summed E-state index contributed by atoms with van der Waals surface area (Å²) in [5, 5.41) is 12.7.